The van der Waals surface area contributed by atoms with Crippen LogP contribution in [0.25, 0.3) is 6.08 Å². The fourth-order valence-corrected chi connectivity index (χ4v) is 1.31. The lowest BCUT2D eigenvalue weighted by Gasteiger charge is -2.13. The lowest BCUT2D eigenvalue weighted by molar-refractivity contribution is -0.124. The Labute approximate surface area is 101 Å². The van der Waals surface area contributed by atoms with Gasteiger partial charge >= 0.3 is 0 Å². The van der Waals surface area contributed by atoms with Crippen molar-refractivity contribution in [1.82, 2.24) is 4.90 Å². The van der Waals surface area contributed by atoms with E-state index >= 15 is 0 Å². The van der Waals surface area contributed by atoms with E-state index in [1.54, 1.807) is 30.2 Å². The Morgan fingerprint density at radius 2 is 2.06 bits per heavy atom. The van der Waals surface area contributed by atoms with Crippen LogP contribution in [0.2, 0.25) is 0 Å². The molecule has 0 bridgehead atoms. The molecule has 0 aliphatic carbocycles. The quantitative estimate of drug-likeness (QED) is 0.790. The number of carbonyl (C=O) groups is 1. The molecule has 17 heavy (non-hydrogen) atoms. The second kappa shape index (κ2) is 6.81. The molecule has 0 saturated heterocycles. The van der Waals surface area contributed by atoms with E-state index in [2.05, 4.69) is 0 Å². The van der Waals surface area contributed by atoms with Crippen LogP contribution in [-0.2, 0) is 4.79 Å². The third-order valence-electron chi connectivity index (χ3n) is 2.36. The molecule has 0 radical (unpaired) electrons. The van der Waals surface area contributed by atoms with Gasteiger partial charge < -0.3 is 10.6 Å². The lowest BCUT2D eigenvalue weighted by Crippen LogP contribution is -2.27. The van der Waals surface area contributed by atoms with E-state index in [-0.39, 0.29) is 11.7 Å². The standard InChI is InChI=1S/C13H17FN2O/c1-16(10-2-9-15)13(17)8-5-11-3-6-12(14)7-4-11/h3-8H,2,9-10,15H2,1H3/b8-5+. The summed E-state index contributed by atoms with van der Waals surface area (Å²) in [5.74, 6) is -0.365. The molecule has 2 N–H and O–H groups in total. The van der Waals surface area contributed by atoms with Gasteiger partial charge in [-0.15, -0.1) is 0 Å². The van der Waals surface area contributed by atoms with Crippen LogP contribution in [0, 0.1) is 5.82 Å². The van der Waals surface area contributed by atoms with Crippen LogP contribution in [0.15, 0.2) is 30.3 Å². The molecule has 1 aromatic carbocycles. The van der Waals surface area contributed by atoms with Crippen molar-refractivity contribution in [3.63, 3.8) is 0 Å². The van der Waals surface area contributed by atoms with Crippen molar-refractivity contribution in [1.29, 1.82) is 0 Å². The molecule has 0 aliphatic heterocycles. The minimum atomic E-state index is -0.284. The van der Waals surface area contributed by atoms with E-state index in [9.17, 15) is 9.18 Å². The number of halogens is 1. The summed E-state index contributed by atoms with van der Waals surface area (Å²) < 4.78 is 12.6. The number of benzene rings is 1. The molecule has 0 fully saturated rings. The van der Waals surface area contributed by atoms with Crippen molar-refractivity contribution in [2.24, 2.45) is 5.73 Å². The smallest absolute Gasteiger partial charge is 0.246 e. The summed E-state index contributed by atoms with van der Waals surface area (Å²) in [4.78, 5) is 13.2. The number of nitrogens with two attached hydrogens (primary N) is 1. The first-order valence-corrected chi connectivity index (χ1v) is 5.52. The second-order valence-electron chi connectivity index (χ2n) is 3.79. The summed E-state index contributed by atoms with van der Waals surface area (Å²) in [6, 6.07) is 5.97. The summed E-state index contributed by atoms with van der Waals surface area (Å²) in [7, 11) is 1.73. The molecule has 3 nitrogen and oxygen atoms in total. The summed E-state index contributed by atoms with van der Waals surface area (Å²) in [6.07, 6.45) is 3.93. The molecule has 0 aromatic heterocycles. The van der Waals surface area contributed by atoms with Crippen LogP contribution in [0.5, 0.6) is 0 Å². The molecule has 1 rings (SSSR count). The average Bonchev–Trinajstić information content (AvgIpc) is 2.34. The predicted octanol–water partition coefficient (Wildman–Crippen LogP) is 1.65. The van der Waals surface area contributed by atoms with Crippen molar-refractivity contribution in [3.8, 4) is 0 Å². The van der Waals surface area contributed by atoms with Crippen LogP contribution in [0.4, 0.5) is 4.39 Å². The van der Waals surface area contributed by atoms with Crippen molar-refractivity contribution in [3.05, 3.63) is 41.7 Å². The van der Waals surface area contributed by atoms with Crippen LogP contribution in [0.1, 0.15) is 12.0 Å². The molecular formula is C13H17FN2O. The Bertz CT molecular complexity index is 387. The van der Waals surface area contributed by atoms with E-state index in [0.29, 0.717) is 13.1 Å². The average molecular weight is 236 g/mol. The number of likely N-dealkylation sites (N-methyl/N-ethyl adjacent to an activating group) is 1. The first-order valence-electron chi connectivity index (χ1n) is 5.52. The largest absolute Gasteiger partial charge is 0.342 e. The van der Waals surface area contributed by atoms with Crippen LogP contribution < -0.4 is 5.73 Å². The van der Waals surface area contributed by atoms with E-state index in [4.69, 9.17) is 5.73 Å². The molecule has 0 aliphatic rings. The zero-order valence-corrected chi connectivity index (χ0v) is 9.90. The molecule has 0 spiro atoms. The van der Waals surface area contributed by atoms with Crippen LogP contribution in [0.3, 0.4) is 0 Å². The minimum absolute atomic E-state index is 0.0808. The number of hydrogen-bond donors (Lipinski definition) is 1. The first-order chi connectivity index (χ1) is 8.13. The highest BCUT2D eigenvalue weighted by Crippen LogP contribution is 2.05. The highest BCUT2D eigenvalue weighted by Gasteiger charge is 2.02. The SMILES string of the molecule is CN(CCCN)C(=O)/C=C/c1ccc(F)cc1. The maximum absolute atomic E-state index is 12.6. The van der Waals surface area contributed by atoms with Gasteiger partial charge in [-0.3, -0.25) is 4.79 Å². The molecule has 0 saturated carbocycles. The van der Waals surface area contributed by atoms with Gasteiger partial charge in [-0.2, -0.15) is 0 Å². The number of hydrogen-bond acceptors (Lipinski definition) is 2. The Hall–Kier alpha value is -1.68. The van der Waals surface area contributed by atoms with Crippen LogP contribution >= 0.6 is 0 Å². The van der Waals surface area contributed by atoms with Crippen molar-refractivity contribution >= 4 is 12.0 Å². The van der Waals surface area contributed by atoms with E-state index < -0.39 is 0 Å². The monoisotopic (exact) mass is 236 g/mol. The Morgan fingerprint density at radius 3 is 2.65 bits per heavy atom. The third kappa shape index (κ3) is 4.78. The summed E-state index contributed by atoms with van der Waals surface area (Å²) in [5.41, 5.74) is 6.16. The van der Waals surface area contributed by atoms with E-state index in [1.165, 1.54) is 18.2 Å². The number of nitrogens with zero attached hydrogens (tertiary/aromatic N) is 1. The summed E-state index contributed by atoms with van der Waals surface area (Å²) in [6.45, 7) is 1.21. The van der Waals surface area contributed by atoms with Crippen molar-refractivity contribution in [2.45, 2.75) is 6.42 Å². The predicted molar refractivity (Wildman–Crippen MR) is 66.7 cm³/mol. The van der Waals surface area contributed by atoms with E-state index in [0.717, 1.165) is 12.0 Å². The van der Waals surface area contributed by atoms with Gasteiger partial charge in [0.1, 0.15) is 5.82 Å². The molecule has 1 amide bonds. The third-order valence-corrected chi connectivity index (χ3v) is 2.36. The van der Waals surface area contributed by atoms with Gasteiger partial charge in [-0.25, -0.2) is 4.39 Å². The van der Waals surface area contributed by atoms with Crippen molar-refractivity contribution < 1.29 is 9.18 Å². The summed E-state index contributed by atoms with van der Waals surface area (Å²) >= 11 is 0. The van der Waals surface area contributed by atoms with Gasteiger partial charge in [0.25, 0.3) is 0 Å². The Morgan fingerprint density at radius 1 is 1.41 bits per heavy atom. The van der Waals surface area contributed by atoms with Crippen molar-refractivity contribution in [2.75, 3.05) is 20.1 Å². The highest BCUT2D eigenvalue weighted by molar-refractivity contribution is 5.91. The van der Waals surface area contributed by atoms with E-state index in [1.807, 2.05) is 0 Å². The maximum atomic E-state index is 12.6. The number of carbonyl (C=O) groups excluding carboxylic acids is 1. The molecule has 0 heterocycles. The molecule has 0 unspecified atom stereocenters. The van der Waals surface area contributed by atoms with Gasteiger partial charge in [0.2, 0.25) is 5.91 Å². The molecule has 1 aromatic rings. The fourth-order valence-electron chi connectivity index (χ4n) is 1.31. The Kier molecular flexibility index (Phi) is 5.36. The van der Waals surface area contributed by atoms with Gasteiger partial charge in [0.15, 0.2) is 0 Å². The first kappa shape index (κ1) is 13.4. The van der Waals surface area contributed by atoms with Gasteiger partial charge in [0.05, 0.1) is 0 Å². The molecular weight excluding hydrogens is 219 g/mol. The zero-order valence-electron chi connectivity index (χ0n) is 9.90. The number of amides is 1. The normalized spacial score (nSPS) is 10.8. The van der Waals surface area contributed by atoms with Gasteiger partial charge in [-0.05, 0) is 36.7 Å². The van der Waals surface area contributed by atoms with Gasteiger partial charge in [0, 0.05) is 19.7 Å². The topological polar surface area (TPSA) is 46.3 Å². The Balaban J connectivity index is 2.52. The fraction of sp³-hybridized carbons (Fsp3) is 0.308. The number of rotatable bonds is 5. The highest BCUT2D eigenvalue weighted by atomic mass is 19.1. The molecule has 92 valence electrons. The van der Waals surface area contributed by atoms with Crippen LogP contribution in [-0.4, -0.2) is 30.9 Å². The zero-order chi connectivity index (χ0) is 12.7. The minimum Gasteiger partial charge on any atom is -0.342 e. The molecule has 0 atom stereocenters. The van der Waals surface area contributed by atoms with Gasteiger partial charge in [-0.1, -0.05) is 12.1 Å². The second-order valence-corrected chi connectivity index (χ2v) is 3.79. The lowest BCUT2D eigenvalue weighted by atomic mass is 10.2. The summed E-state index contributed by atoms with van der Waals surface area (Å²) in [5, 5.41) is 0. The maximum Gasteiger partial charge on any atom is 0.246 e. The molecule has 4 heteroatoms.